The molecular formula is C20H32Ni. The maximum Gasteiger partial charge on any atom is 0 e. The van der Waals surface area contributed by atoms with Gasteiger partial charge in [-0.3, -0.25) is 0 Å². The third-order valence-electron chi connectivity index (χ3n) is 6.09. The molecule has 0 N–H and O–H groups in total. The van der Waals surface area contributed by atoms with Crippen LogP contribution in [0.4, 0.5) is 0 Å². The first-order valence-corrected chi connectivity index (χ1v) is 7.81. The summed E-state index contributed by atoms with van der Waals surface area (Å²) >= 11 is 0. The Morgan fingerprint density at radius 3 is 0.619 bits per heavy atom. The van der Waals surface area contributed by atoms with E-state index in [9.17, 15) is 0 Å². The van der Waals surface area contributed by atoms with Crippen molar-refractivity contribution in [2.24, 2.45) is 11.8 Å². The minimum atomic E-state index is 0. The zero-order valence-electron chi connectivity index (χ0n) is 15.5. The Hall–Kier alpha value is -0.546. The van der Waals surface area contributed by atoms with E-state index in [1.807, 2.05) is 0 Å². The van der Waals surface area contributed by atoms with Gasteiger partial charge in [0.05, 0.1) is 0 Å². The molecule has 0 amide bonds. The standard InChI is InChI=1S/2C10H16.Ni/c2*1-6-7(2)9(4)10(5)8(6)3;/h2*6H,1-5H3;. The number of rotatable bonds is 0. The number of hydrogen-bond donors (Lipinski definition) is 0. The maximum atomic E-state index is 2.28. The van der Waals surface area contributed by atoms with E-state index in [0.29, 0.717) is 11.8 Å². The molecule has 0 fully saturated rings. The number of allylic oxidation sites excluding steroid dienone is 8. The molecule has 2 rings (SSSR count). The van der Waals surface area contributed by atoms with E-state index in [-0.39, 0.29) is 16.5 Å². The molecule has 0 saturated carbocycles. The monoisotopic (exact) mass is 330 g/mol. The average Bonchev–Trinajstić information content (AvgIpc) is 2.71. The van der Waals surface area contributed by atoms with Gasteiger partial charge in [-0.25, -0.2) is 0 Å². The van der Waals surface area contributed by atoms with Gasteiger partial charge >= 0.3 is 0 Å². The Balaban J connectivity index is 0.000000364. The Morgan fingerprint density at radius 2 is 0.571 bits per heavy atom. The van der Waals surface area contributed by atoms with Crippen molar-refractivity contribution in [2.75, 3.05) is 0 Å². The predicted molar refractivity (Wildman–Crippen MR) is 91.8 cm³/mol. The smallest absolute Gasteiger partial charge is 0 e. The summed E-state index contributed by atoms with van der Waals surface area (Å²) < 4.78 is 0. The van der Waals surface area contributed by atoms with Crippen molar-refractivity contribution < 1.29 is 16.5 Å². The molecule has 2 aliphatic rings. The van der Waals surface area contributed by atoms with E-state index in [2.05, 4.69) is 69.2 Å². The normalized spacial score (nSPS) is 20.3. The van der Waals surface area contributed by atoms with Gasteiger partial charge in [0.2, 0.25) is 0 Å². The fraction of sp³-hybridized carbons (Fsp3) is 0.600. The third-order valence-corrected chi connectivity index (χ3v) is 6.09. The quantitative estimate of drug-likeness (QED) is 0.438. The third kappa shape index (κ3) is 3.81. The summed E-state index contributed by atoms with van der Waals surface area (Å²) in [5.41, 5.74) is 12.2. The molecule has 0 saturated heterocycles. The van der Waals surface area contributed by atoms with Crippen molar-refractivity contribution in [3.63, 3.8) is 0 Å². The Labute approximate surface area is 142 Å². The summed E-state index contributed by atoms with van der Waals surface area (Å²) in [5, 5.41) is 0. The predicted octanol–water partition coefficient (Wildman–Crippen LogP) is 6.62. The Morgan fingerprint density at radius 1 is 0.429 bits per heavy atom. The zero-order valence-corrected chi connectivity index (χ0v) is 16.5. The minimum Gasteiger partial charge on any atom is -0.0632 e. The van der Waals surface area contributed by atoms with Crippen LogP contribution in [0.5, 0.6) is 0 Å². The second-order valence-corrected chi connectivity index (χ2v) is 6.68. The molecule has 122 valence electrons. The second-order valence-electron chi connectivity index (χ2n) is 6.68. The molecule has 0 atom stereocenters. The van der Waals surface area contributed by atoms with Gasteiger partial charge in [0.1, 0.15) is 0 Å². The van der Waals surface area contributed by atoms with Crippen molar-refractivity contribution in [1.82, 2.24) is 0 Å². The van der Waals surface area contributed by atoms with Crippen molar-refractivity contribution in [1.29, 1.82) is 0 Å². The average molecular weight is 331 g/mol. The van der Waals surface area contributed by atoms with Crippen LogP contribution in [0.2, 0.25) is 0 Å². The fourth-order valence-electron chi connectivity index (χ4n) is 3.13. The van der Waals surface area contributed by atoms with Crippen LogP contribution in [-0.2, 0) is 16.5 Å². The molecule has 0 heterocycles. The van der Waals surface area contributed by atoms with Gasteiger partial charge < -0.3 is 0 Å². The molecule has 2 aliphatic carbocycles. The summed E-state index contributed by atoms with van der Waals surface area (Å²) in [6.45, 7) is 22.4. The topological polar surface area (TPSA) is 0 Å². The minimum absolute atomic E-state index is 0. The summed E-state index contributed by atoms with van der Waals surface area (Å²) in [6.07, 6.45) is 0. The van der Waals surface area contributed by atoms with Gasteiger partial charge in [-0.2, -0.15) is 0 Å². The van der Waals surface area contributed by atoms with E-state index < -0.39 is 0 Å². The Kier molecular flexibility index (Phi) is 7.44. The molecule has 21 heavy (non-hydrogen) atoms. The van der Waals surface area contributed by atoms with Crippen LogP contribution in [0.3, 0.4) is 0 Å². The molecule has 1 heteroatoms. The number of hydrogen-bond acceptors (Lipinski definition) is 0. The fourth-order valence-corrected chi connectivity index (χ4v) is 3.13. The summed E-state index contributed by atoms with van der Waals surface area (Å²) in [4.78, 5) is 0. The first-order valence-electron chi connectivity index (χ1n) is 7.81. The molecule has 0 aromatic rings. The van der Waals surface area contributed by atoms with Gasteiger partial charge in [-0.15, -0.1) is 0 Å². The summed E-state index contributed by atoms with van der Waals surface area (Å²) in [6, 6.07) is 0. The molecule has 0 bridgehead atoms. The van der Waals surface area contributed by atoms with Crippen molar-refractivity contribution in [3.8, 4) is 0 Å². The van der Waals surface area contributed by atoms with Crippen molar-refractivity contribution in [3.05, 3.63) is 44.6 Å². The van der Waals surface area contributed by atoms with Gasteiger partial charge in [0, 0.05) is 16.5 Å². The van der Waals surface area contributed by atoms with E-state index >= 15 is 0 Å². The molecule has 0 radical (unpaired) electrons. The van der Waals surface area contributed by atoms with Crippen LogP contribution in [0.15, 0.2) is 44.6 Å². The molecular weight excluding hydrogens is 299 g/mol. The van der Waals surface area contributed by atoms with Crippen molar-refractivity contribution in [2.45, 2.75) is 69.2 Å². The maximum absolute atomic E-state index is 2.28. The van der Waals surface area contributed by atoms with E-state index in [0.717, 1.165) is 0 Å². The summed E-state index contributed by atoms with van der Waals surface area (Å²) in [7, 11) is 0. The van der Waals surface area contributed by atoms with Gasteiger partial charge in [0.15, 0.2) is 0 Å². The van der Waals surface area contributed by atoms with Crippen molar-refractivity contribution >= 4 is 0 Å². The van der Waals surface area contributed by atoms with Crippen LogP contribution in [-0.4, -0.2) is 0 Å². The first-order chi connectivity index (χ1) is 9.11. The van der Waals surface area contributed by atoms with Gasteiger partial charge in [0.25, 0.3) is 0 Å². The van der Waals surface area contributed by atoms with Crippen LogP contribution < -0.4 is 0 Å². The second kappa shape index (κ2) is 7.64. The first kappa shape index (κ1) is 20.5. The van der Waals surface area contributed by atoms with Crippen LogP contribution in [0, 0.1) is 11.8 Å². The van der Waals surface area contributed by atoms with Crippen LogP contribution >= 0.6 is 0 Å². The molecule has 0 aliphatic heterocycles. The molecule has 0 aromatic heterocycles. The summed E-state index contributed by atoms with van der Waals surface area (Å²) in [5.74, 6) is 1.39. The SMILES string of the molecule is CC1=C(C)C(C)C(C)=C1C.CC1=C(C)C(C)C(C)=C1C.[Ni]. The largest absolute Gasteiger partial charge is 0.0632 e. The van der Waals surface area contributed by atoms with Crippen LogP contribution in [0.25, 0.3) is 0 Å². The Bertz CT molecular complexity index is 440. The molecule has 0 aromatic carbocycles. The van der Waals surface area contributed by atoms with E-state index in [4.69, 9.17) is 0 Å². The van der Waals surface area contributed by atoms with E-state index in [1.165, 1.54) is 22.3 Å². The molecule has 0 spiro atoms. The van der Waals surface area contributed by atoms with Gasteiger partial charge in [-0.1, -0.05) is 36.1 Å². The van der Waals surface area contributed by atoms with Crippen LogP contribution in [0.1, 0.15) is 69.2 Å². The van der Waals surface area contributed by atoms with Gasteiger partial charge in [-0.05, 0) is 89.5 Å². The zero-order chi connectivity index (χ0) is 15.8. The molecule has 0 unspecified atom stereocenters. The van der Waals surface area contributed by atoms with E-state index in [1.54, 1.807) is 22.3 Å². The molecule has 0 nitrogen and oxygen atoms in total.